The number of carbonyl (C=O) groups excluding carboxylic acids is 4. The molecular formula is C28H25N3O5S. The highest BCUT2D eigenvalue weighted by Gasteiger charge is 2.36. The molecule has 1 saturated heterocycles. The molecule has 1 aliphatic heterocycles. The van der Waals surface area contributed by atoms with E-state index >= 15 is 0 Å². The Morgan fingerprint density at radius 2 is 1.57 bits per heavy atom. The van der Waals surface area contributed by atoms with E-state index in [-0.39, 0.29) is 17.4 Å². The van der Waals surface area contributed by atoms with Crippen LogP contribution in [0.1, 0.15) is 16.7 Å². The molecule has 0 saturated carbocycles. The molecule has 0 radical (unpaired) electrons. The molecule has 0 aliphatic carbocycles. The number of nitrogens with one attached hydrogen (secondary N) is 2. The standard InChI is InChI=1S/C28H25N3O5S/c1-18-12-13-22(14-19(18)2)30-25(32)16-31-27(34)24(37-28(31)35)15-20-8-6-7-11-23(20)36-17-26(33)29-21-9-4-3-5-10-21/h3-15H,16-17H2,1-2H3,(H,29,33)(H,30,32)/b24-15+. The fraction of sp³-hybridized carbons (Fsp3) is 0.143. The van der Waals surface area contributed by atoms with E-state index < -0.39 is 23.6 Å². The summed E-state index contributed by atoms with van der Waals surface area (Å²) in [6, 6.07) is 21.4. The molecule has 0 unspecified atom stereocenters. The zero-order chi connectivity index (χ0) is 26.4. The van der Waals surface area contributed by atoms with Gasteiger partial charge in [0.25, 0.3) is 17.1 Å². The Labute approximate surface area is 218 Å². The number of carbonyl (C=O) groups is 4. The van der Waals surface area contributed by atoms with Crippen molar-refractivity contribution in [2.75, 3.05) is 23.8 Å². The number of para-hydroxylation sites is 2. The highest BCUT2D eigenvalue weighted by molar-refractivity contribution is 8.18. The lowest BCUT2D eigenvalue weighted by Gasteiger charge is -2.13. The maximum Gasteiger partial charge on any atom is 0.294 e. The third-order valence-electron chi connectivity index (χ3n) is 5.59. The minimum absolute atomic E-state index is 0.161. The molecule has 9 heteroatoms. The smallest absolute Gasteiger partial charge is 0.294 e. The van der Waals surface area contributed by atoms with E-state index in [0.717, 1.165) is 27.8 Å². The van der Waals surface area contributed by atoms with Gasteiger partial charge >= 0.3 is 0 Å². The fourth-order valence-electron chi connectivity index (χ4n) is 3.53. The van der Waals surface area contributed by atoms with Gasteiger partial charge in [0.05, 0.1) is 4.91 Å². The lowest BCUT2D eigenvalue weighted by atomic mass is 10.1. The van der Waals surface area contributed by atoms with Gasteiger partial charge in [-0.1, -0.05) is 42.5 Å². The van der Waals surface area contributed by atoms with Gasteiger partial charge in [0.2, 0.25) is 5.91 Å². The van der Waals surface area contributed by atoms with Gasteiger partial charge in [0, 0.05) is 16.9 Å². The summed E-state index contributed by atoms with van der Waals surface area (Å²) in [5, 5.41) is 4.93. The maximum atomic E-state index is 12.9. The number of thioether (sulfide) groups is 1. The van der Waals surface area contributed by atoms with Crippen LogP contribution in [0.2, 0.25) is 0 Å². The molecule has 0 atom stereocenters. The quantitative estimate of drug-likeness (QED) is 0.409. The fourth-order valence-corrected chi connectivity index (χ4v) is 4.36. The van der Waals surface area contributed by atoms with Crippen molar-refractivity contribution in [3.63, 3.8) is 0 Å². The van der Waals surface area contributed by atoms with Gasteiger partial charge in [-0.15, -0.1) is 0 Å². The molecule has 188 valence electrons. The molecule has 1 heterocycles. The second-order valence-corrected chi connectivity index (χ2v) is 9.35. The van der Waals surface area contributed by atoms with E-state index in [4.69, 9.17) is 4.74 Å². The first-order valence-corrected chi connectivity index (χ1v) is 12.3. The van der Waals surface area contributed by atoms with Crippen LogP contribution in [0.5, 0.6) is 5.75 Å². The summed E-state index contributed by atoms with van der Waals surface area (Å²) in [7, 11) is 0. The van der Waals surface area contributed by atoms with E-state index in [1.165, 1.54) is 6.08 Å². The van der Waals surface area contributed by atoms with Crippen molar-refractivity contribution in [2.45, 2.75) is 13.8 Å². The summed E-state index contributed by atoms with van der Waals surface area (Å²) in [5.74, 6) is -0.997. The summed E-state index contributed by atoms with van der Waals surface area (Å²) in [5.41, 5.74) is 3.89. The van der Waals surface area contributed by atoms with Gasteiger partial charge in [0.1, 0.15) is 12.3 Å². The van der Waals surface area contributed by atoms with Crippen LogP contribution in [0.25, 0.3) is 6.08 Å². The van der Waals surface area contributed by atoms with Crippen molar-refractivity contribution in [1.82, 2.24) is 4.90 Å². The van der Waals surface area contributed by atoms with Gasteiger partial charge in [-0.2, -0.15) is 0 Å². The number of amides is 4. The zero-order valence-corrected chi connectivity index (χ0v) is 21.1. The van der Waals surface area contributed by atoms with Crippen LogP contribution < -0.4 is 15.4 Å². The Morgan fingerprint density at radius 3 is 2.32 bits per heavy atom. The van der Waals surface area contributed by atoms with Crippen LogP contribution in [0.3, 0.4) is 0 Å². The minimum atomic E-state index is -0.568. The Hall–Kier alpha value is -4.37. The number of benzene rings is 3. The van der Waals surface area contributed by atoms with Gasteiger partial charge < -0.3 is 15.4 Å². The summed E-state index contributed by atoms with van der Waals surface area (Å²) < 4.78 is 5.68. The first-order valence-electron chi connectivity index (χ1n) is 11.5. The third kappa shape index (κ3) is 6.65. The first kappa shape index (κ1) is 25.7. The van der Waals surface area contributed by atoms with E-state index in [2.05, 4.69) is 10.6 Å². The highest BCUT2D eigenvalue weighted by Crippen LogP contribution is 2.34. The largest absolute Gasteiger partial charge is 0.483 e. The number of imide groups is 1. The molecule has 0 bridgehead atoms. The number of rotatable bonds is 8. The summed E-state index contributed by atoms with van der Waals surface area (Å²) >= 11 is 0.748. The normalized spacial score (nSPS) is 14.1. The second kappa shape index (κ2) is 11.6. The molecule has 4 rings (SSSR count). The van der Waals surface area contributed by atoms with Crippen molar-refractivity contribution in [3.05, 3.63) is 94.4 Å². The van der Waals surface area contributed by atoms with Crippen molar-refractivity contribution in [1.29, 1.82) is 0 Å². The maximum absolute atomic E-state index is 12.9. The van der Waals surface area contributed by atoms with Crippen LogP contribution in [-0.2, 0) is 14.4 Å². The molecule has 1 fully saturated rings. The molecular weight excluding hydrogens is 490 g/mol. The van der Waals surface area contributed by atoms with E-state index in [1.807, 2.05) is 44.2 Å². The number of nitrogens with zero attached hydrogens (tertiary/aromatic N) is 1. The molecule has 2 N–H and O–H groups in total. The van der Waals surface area contributed by atoms with Gasteiger partial charge in [-0.3, -0.25) is 24.1 Å². The highest BCUT2D eigenvalue weighted by atomic mass is 32.2. The lowest BCUT2D eigenvalue weighted by Crippen LogP contribution is -2.36. The lowest BCUT2D eigenvalue weighted by molar-refractivity contribution is -0.127. The first-order chi connectivity index (χ1) is 17.8. The number of aryl methyl sites for hydroxylation is 2. The molecule has 37 heavy (non-hydrogen) atoms. The third-order valence-corrected chi connectivity index (χ3v) is 6.50. The average molecular weight is 516 g/mol. The molecule has 1 aliphatic rings. The molecule has 0 spiro atoms. The van der Waals surface area contributed by atoms with Crippen LogP contribution in [0.15, 0.2) is 77.7 Å². The Morgan fingerprint density at radius 1 is 0.865 bits per heavy atom. The zero-order valence-electron chi connectivity index (χ0n) is 20.3. The van der Waals surface area contributed by atoms with Gasteiger partial charge in [-0.05, 0) is 73.1 Å². The van der Waals surface area contributed by atoms with Gasteiger partial charge in [0.15, 0.2) is 6.61 Å². The van der Waals surface area contributed by atoms with Crippen LogP contribution in [0, 0.1) is 13.8 Å². The van der Waals surface area contributed by atoms with E-state index in [0.29, 0.717) is 22.7 Å². The molecule has 0 aromatic heterocycles. The molecule has 3 aromatic carbocycles. The number of anilines is 2. The predicted molar refractivity (Wildman–Crippen MR) is 144 cm³/mol. The number of hydrogen-bond acceptors (Lipinski definition) is 6. The van der Waals surface area contributed by atoms with Gasteiger partial charge in [-0.25, -0.2) is 0 Å². The van der Waals surface area contributed by atoms with Crippen LogP contribution >= 0.6 is 11.8 Å². The SMILES string of the molecule is Cc1ccc(NC(=O)CN2C(=O)S/C(=C/c3ccccc3OCC(=O)Nc3ccccc3)C2=O)cc1C. The summed E-state index contributed by atoms with van der Waals surface area (Å²) in [6.45, 7) is 3.27. The Kier molecular flexibility index (Phi) is 8.05. The average Bonchev–Trinajstić information content (AvgIpc) is 3.13. The molecule has 8 nitrogen and oxygen atoms in total. The Balaban J connectivity index is 1.40. The Bertz CT molecular complexity index is 1390. The van der Waals surface area contributed by atoms with E-state index in [9.17, 15) is 19.2 Å². The summed E-state index contributed by atoms with van der Waals surface area (Å²) in [6.07, 6.45) is 1.52. The summed E-state index contributed by atoms with van der Waals surface area (Å²) in [4.78, 5) is 51.3. The second-order valence-electron chi connectivity index (χ2n) is 8.36. The topological polar surface area (TPSA) is 105 Å². The molecule has 4 amide bonds. The molecule has 3 aromatic rings. The van der Waals surface area contributed by atoms with Crippen molar-refractivity contribution in [3.8, 4) is 5.75 Å². The number of ether oxygens (including phenoxy) is 1. The van der Waals surface area contributed by atoms with Crippen molar-refractivity contribution >= 4 is 52.2 Å². The monoisotopic (exact) mass is 515 g/mol. The van der Waals surface area contributed by atoms with Crippen LogP contribution in [0.4, 0.5) is 16.2 Å². The number of hydrogen-bond donors (Lipinski definition) is 2. The predicted octanol–water partition coefficient (Wildman–Crippen LogP) is 5.00. The van der Waals surface area contributed by atoms with Crippen molar-refractivity contribution < 1.29 is 23.9 Å². The van der Waals surface area contributed by atoms with Crippen molar-refractivity contribution in [2.24, 2.45) is 0 Å². The minimum Gasteiger partial charge on any atom is -0.483 e. The van der Waals surface area contributed by atoms with Crippen LogP contribution in [-0.4, -0.2) is 41.0 Å². The van der Waals surface area contributed by atoms with E-state index in [1.54, 1.807) is 42.5 Å².